The Morgan fingerprint density at radius 3 is 2.69 bits per heavy atom. The van der Waals surface area contributed by atoms with Crippen molar-refractivity contribution in [1.82, 2.24) is 29.0 Å². The van der Waals surface area contributed by atoms with Crippen LogP contribution in [0.4, 0.5) is 0 Å². The van der Waals surface area contributed by atoms with E-state index in [4.69, 9.17) is 4.74 Å². The Kier molecular flexibility index (Phi) is 4.99. The lowest BCUT2D eigenvalue weighted by Crippen LogP contribution is -2.43. The lowest BCUT2D eigenvalue weighted by atomic mass is 9.97. The predicted octanol–water partition coefficient (Wildman–Crippen LogP) is 0.549. The summed E-state index contributed by atoms with van der Waals surface area (Å²) in [7, 11) is 0. The van der Waals surface area contributed by atoms with Crippen molar-refractivity contribution in [3.8, 4) is 0 Å². The number of pyridine rings is 1. The fourth-order valence-electron chi connectivity index (χ4n) is 3.77. The van der Waals surface area contributed by atoms with E-state index in [1.165, 1.54) is 4.57 Å². The first-order chi connectivity index (χ1) is 14.0. The van der Waals surface area contributed by atoms with Gasteiger partial charge >= 0.3 is 5.97 Å². The van der Waals surface area contributed by atoms with Crippen molar-refractivity contribution in [2.75, 3.05) is 19.7 Å². The summed E-state index contributed by atoms with van der Waals surface area (Å²) in [5.41, 5.74) is 0.824. The third kappa shape index (κ3) is 3.34. The molecule has 4 rings (SSSR count). The summed E-state index contributed by atoms with van der Waals surface area (Å²) in [5, 5.41) is 7.94. The van der Waals surface area contributed by atoms with E-state index in [1.807, 2.05) is 0 Å². The highest BCUT2D eigenvalue weighted by molar-refractivity contribution is 5.80. The van der Waals surface area contributed by atoms with Crippen LogP contribution in [0.1, 0.15) is 25.6 Å². The van der Waals surface area contributed by atoms with Crippen LogP contribution in [0.3, 0.4) is 0 Å². The van der Waals surface area contributed by atoms with E-state index in [1.54, 1.807) is 41.5 Å². The van der Waals surface area contributed by atoms with Gasteiger partial charge in [0.05, 0.1) is 18.0 Å². The predicted molar refractivity (Wildman–Crippen MR) is 103 cm³/mol. The molecule has 0 atom stereocenters. The lowest BCUT2D eigenvalue weighted by Gasteiger charge is -2.31. The molecule has 29 heavy (non-hydrogen) atoms. The number of carbonyl (C=O) groups is 2. The normalized spacial score (nSPS) is 15.2. The van der Waals surface area contributed by atoms with Gasteiger partial charge in [0.1, 0.15) is 12.4 Å². The number of hydrogen-bond donors (Lipinski definition) is 0. The summed E-state index contributed by atoms with van der Waals surface area (Å²) < 4.78 is 8.06. The van der Waals surface area contributed by atoms with E-state index in [0.717, 1.165) is 0 Å². The summed E-state index contributed by atoms with van der Waals surface area (Å²) in [6.07, 6.45) is 2.74. The van der Waals surface area contributed by atoms with Gasteiger partial charge in [0.15, 0.2) is 5.65 Å². The number of likely N-dealkylation sites (tertiary alicyclic amines) is 1. The second kappa shape index (κ2) is 7.61. The van der Waals surface area contributed by atoms with Crippen molar-refractivity contribution in [3.05, 3.63) is 34.5 Å². The Hall–Kier alpha value is -3.30. The number of ether oxygens (including phenoxy) is 1. The third-order valence-electron chi connectivity index (χ3n) is 5.29. The lowest BCUT2D eigenvalue weighted by molar-refractivity contribution is -0.151. The van der Waals surface area contributed by atoms with Gasteiger partial charge in [-0.1, -0.05) is 0 Å². The third-order valence-corrected chi connectivity index (χ3v) is 5.29. The molecule has 1 amide bonds. The van der Waals surface area contributed by atoms with Crippen molar-refractivity contribution in [2.45, 2.75) is 33.2 Å². The van der Waals surface area contributed by atoms with Crippen molar-refractivity contribution >= 4 is 28.7 Å². The molecule has 1 saturated heterocycles. The highest BCUT2D eigenvalue weighted by Crippen LogP contribution is 2.19. The molecule has 152 valence electrons. The number of aromatic nitrogens is 5. The second-order valence-electron chi connectivity index (χ2n) is 7.05. The summed E-state index contributed by atoms with van der Waals surface area (Å²) in [6, 6.07) is 3.47. The van der Waals surface area contributed by atoms with Gasteiger partial charge in [-0.3, -0.25) is 23.4 Å². The SMILES string of the molecule is CCOC(=O)C1CCN(C(=O)Cn2c(=O)c3nnc(C)n3c3ncccc32)CC1. The Morgan fingerprint density at radius 1 is 1.21 bits per heavy atom. The van der Waals surface area contributed by atoms with Gasteiger partial charge in [-0.15, -0.1) is 10.2 Å². The Balaban J connectivity index is 1.60. The monoisotopic (exact) mass is 398 g/mol. The van der Waals surface area contributed by atoms with Crippen LogP contribution in [-0.2, 0) is 20.9 Å². The number of nitrogens with zero attached hydrogens (tertiary/aromatic N) is 6. The minimum Gasteiger partial charge on any atom is -0.466 e. The smallest absolute Gasteiger partial charge is 0.309 e. The van der Waals surface area contributed by atoms with Crippen molar-refractivity contribution in [3.63, 3.8) is 0 Å². The average molecular weight is 398 g/mol. The van der Waals surface area contributed by atoms with E-state index < -0.39 is 0 Å². The summed E-state index contributed by atoms with van der Waals surface area (Å²) >= 11 is 0. The number of hydrogen-bond acceptors (Lipinski definition) is 7. The van der Waals surface area contributed by atoms with Crippen LogP contribution in [0.5, 0.6) is 0 Å². The molecule has 0 spiro atoms. The first-order valence-corrected chi connectivity index (χ1v) is 9.65. The van der Waals surface area contributed by atoms with E-state index in [0.29, 0.717) is 49.5 Å². The van der Waals surface area contributed by atoms with Crippen LogP contribution in [0.2, 0.25) is 0 Å². The number of amides is 1. The van der Waals surface area contributed by atoms with E-state index in [2.05, 4.69) is 15.2 Å². The van der Waals surface area contributed by atoms with Crippen LogP contribution in [-0.4, -0.2) is 60.6 Å². The number of esters is 1. The Morgan fingerprint density at radius 2 is 1.97 bits per heavy atom. The van der Waals surface area contributed by atoms with Crippen LogP contribution >= 0.6 is 0 Å². The number of rotatable bonds is 4. The van der Waals surface area contributed by atoms with Gasteiger partial charge in [0.2, 0.25) is 11.6 Å². The maximum atomic E-state index is 13.0. The molecule has 10 nitrogen and oxygen atoms in total. The maximum Gasteiger partial charge on any atom is 0.309 e. The van der Waals surface area contributed by atoms with Gasteiger partial charge in [-0.2, -0.15) is 0 Å². The molecule has 0 aromatic carbocycles. The number of piperidine rings is 1. The van der Waals surface area contributed by atoms with Gasteiger partial charge < -0.3 is 9.64 Å². The van der Waals surface area contributed by atoms with Gasteiger partial charge in [0.25, 0.3) is 5.56 Å². The number of aryl methyl sites for hydroxylation is 1. The molecule has 10 heteroatoms. The Labute approximate surface area is 166 Å². The van der Waals surface area contributed by atoms with E-state index in [-0.39, 0.29) is 35.5 Å². The molecule has 0 bridgehead atoms. The molecule has 0 radical (unpaired) electrons. The quantitative estimate of drug-likeness (QED) is 0.590. The molecule has 3 aromatic heterocycles. The highest BCUT2D eigenvalue weighted by atomic mass is 16.5. The summed E-state index contributed by atoms with van der Waals surface area (Å²) in [4.78, 5) is 43.8. The van der Waals surface area contributed by atoms with Gasteiger partial charge in [0, 0.05) is 19.3 Å². The molecule has 0 saturated carbocycles. The molecule has 1 aliphatic heterocycles. The maximum absolute atomic E-state index is 13.0. The molecule has 1 fully saturated rings. The molecule has 4 heterocycles. The average Bonchev–Trinajstić information content (AvgIpc) is 3.13. The second-order valence-corrected chi connectivity index (χ2v) is 7.05. The zero-order valence-corrected chi connectivity index (χ0v) is 16.4. The molecule has 0 unspecified atom stereocenters. The summed E-state index contributed by atoms with van der Waals surface area (Å²) in [5.74, 6) is -0.0111. The first kappa shape index (κ1) is 19.0. The zero-order chi connectivity index (χ0) is 20.5. The molecule has 0 N–H and O–H groups in total. The largest absolute Gasteiger partial charge is 0.466 e. The standard InChI is InChI=1S/C19H22N6O4/c1-3-29-19(28)13-6-9-23(10-7-13)15(26)11-24-14-5-4-8-20-16(14)25-12(2)21-22-17(25)18(24)27/h4-5,8,13H,3,6-7,9-11H2,1-2H3. The number of fused-ring (bicyclic) bond motifs is 3. The fourth-order valence-corrected chi connectivity index (χ4v) is 3.77. The molecular weight excluding hydrogens is 376 g/mol. The van der Waals surface area contributed by atoms with Gasteiger partial charge in [-0.05, 0) is 38.8 Å². The van der Waals surface area contributed by atoms with Crippen LogP contribution < -0.4 is 5.56 Å². The van der Waals surface area contributed by atoms with Crippen molar-refractivity contribution in [1.29, 1.82) is 0 Å². The van der Waals surface area contributed by atoms with Crippen LogP contribution in [0.25, 0.3) is 16.8 Å². The van der Waals surface area contributed by atoms with Gasteiger partial charge in [-0.25, -0.2) is 4.98 Å². The minimum absolute atomic E-state index is 0.118. The molecule has 3 aromatic rings. The number of carbonyl (C=O) groups excluding carboxylic acids is 2. The summed E-state index contributed by atoms with van der Waals surface area (Å²) in [6.45, 7) is 4.68. The van der Waals surface area contributed by atoms with Crippen LogP contribution in [0.15, 0.2) is 23.1 Å². The van der Waals surface area contributed by atoms with Crippen molar-refractivity contribution in [2.24, 2.45) is 5.92 Å². The van der Waals surface area contributed by atoms with E-state index >= 15 is 0 Å². The molecular formula is C19H22N6O4. The van der Waals surface area contributed by atoms with Crippen LogP contribution in [0, 0.1) is 12.8 Å². The molecule has 1 aliphatic rings. The first-order valence-electron chi connectivity index (χ1n) is 9.65. The van der Waals surface area contributed by atoms with E-state index in [9.17, 15) is 14.4 Å². The Bertz CT molecular complexity index is 1140. The topological polar surface area (TPSA) is 112 Å². The zero-order valence-electron chi connectivity index (χ0n) is 16.4. The molecule has 0 aliphatic carbocycles. The minimum atomic E-state index is -0.388. The highest BCUT2D eigenvalue weighted by Gasteiger charge is 2.29. The van der Waals surface area contributed by atoms with Crippen molar-refractivity contribution < 1.29 is 14.3 Å². The fraction of sp³-hybridized carbons (Fsp3) is 0.474.